The average Bonchev–Trinajstić information content (AvgIpc) is 2.33. The van der Waals surface area contributed by atoms with Crippen LogP contribution >= 0.6 is 0 Å². The molecule has 3 heteroatoms. The van der Waals surface area contributed by atoms with E-state index in [1.165, 1.54) is 12.8 Å². The maximum Gasteiger partial charge on any atom is 0.220 e. The van der Waals surface area contributed by atoms with Crippen LogP contribution < -0.4 is 11.1 Å². The second-order valence-corrected chi connectivity index (χ2v) is 6.91. The average molecular weight is 284 g/mol. The zero-order valence-corrected chi connectivity index (χ0v) is 14.2. The number of carbonyl (C=O) groups excluding carboxylic acids is 1. The standard InChI is InChI=1S/C17H36N2O/c1-13(2)7-6-8-15(5)19-17(20)10-9-16(11-12-18)14(3)4/h13-16H,6-12,18H2,1-5H3,(H,19,20). The summed E-state index contributed by atoms with van der Waals surface area (Å²) >= 11 is 0. The van der Waals surface area contributed by atoms with Gasteiger partial charge in [0.1, 0.15) is 0 Å². The molecular weight excluding hydrogens is 248 g/mol. The second-order valence-electron chi connectivity index (χ2n) is 6.91. The Morgan fingerprint density at radius 1 is 1.00 bits per heavy atom. The lowest BCUT2D eigenvalue weighted by molar-refractivity contribution is -0.122. The Bertz CT molecular complexity index is 251. The fourth-order valence-electron chi connectivity index (χ4n) is 2.59. The van der Waals surface area contributed by atoms with E-state index >= 15 is 0 Å². The zero-order valence-electron chi connectivity index (χ0n) is 14.2. The van der Waals surface area contributed by atoms with Crippen LogP contribution in [-0.2, 0) is 4.79 Å². The van der Waals surface area contributed by atoms with Crippen LogP contribution in [0.5, 0.6) is 0 Å². The molecule has 0 fully saturated rings. The normalized spacial score (nSPS) is 14.6. The summed E-state index contributed by atoms with van der Waals surface area (Å²) in [6.07, 6.45) is 6.14. The van der Waals surface area contributed by atoms with Gasteiger partial charge in [-0.2, -0.15) is 0 Å². The van der Waals surface area contributed by atoms with Crippen molar-refractivity contribution < 1.29 is 4.79 Å². The van der Waals surface area contributed by atoms with Crippen molar-refractivity contribution in [3.8, 4) is 0 Å². The molecule has 0 aromatic carbocycles. The number of amides is 1. The van der Waals surface area contributed by atoms with Crippen LogP contribution in [0.4, 0.5) is 0 Å². The Hall–Kier alpha value is -0.570. The van der Waals surface area contributed by atoms with Crippen molar-refractivity contribution in [3.63, 3.8) is 0 Å². The second kappa shape index (κ2) is 11.1. The van der Waals surface area contributed by atoms with Crippen molar-refractivity contribution in [2.45, 2.75) is 79.2 Å². The van der Waals surface area contributed by atoms with E-state index in [0.717, 1.165) is 31.7 Å². The third-order valence-corrected chi connectivity index (χ3v) is 4.05. The first kappa shape index (κ1) is 19.4. The highest BCUT2D eigenvalue weighted by Crippen LogP contribution is 2.20. The molecule has 120 valence electrons. The Balaban J connectivity index is 3.85. The SMILES string of the molecule is CC(C)CCCC(C)NC(=O)CCC(CCN)C(C)C. The van der Waals surface area contributed by atoms with E-state index < -0.39 is 0 Å². The molecule has 1 amide bonds. The molecule has 0 radical (unpaired) electrons. The topological polar surface area (TPSA) is 55.1 Å². The van der Waals surface area contributed by atoms with Crippen LogP contribution in [-0.4, -0.2) is 18.5 Å². The predicted molar refractivity (Wildman–Crippen MR) is 87.5 cm³/mol. The first-order valence-electron chi connectivity index (χ1n) is 8.36. The molecule has 0 heterocycles. The predicted octanol–water partition coefficient (Wildman–Crippen LogP) is 3.72. The summed E-state index contributed by atoms with van der Waals surface area (Å²) in [5, 5.41) is 3.12. The molecule has 2 unspecified atom stereocenters. The number of nitrogens with one attached hydrogen (secondary N) is 1. The molecule has 0 aromatic rings. The minimum Gasteiger partial charge on any atom is -0.354 e. The van der Waals surface area contributed by atoms with E-state index in [-0.39, 0.29) is 5.91 Å². The van der Waals surface area contributed by atoms with Crippen LogP contribution in [0, 0.1) is 17.8 Å². The van der Waals surface area contributed by atoms with Crippen molar-refractivity contribution >= 4 is 5.91 Å². The van der Waals surface area contributed by atoms with Gasteiger partial charge in [-0.15, -0.1) is 0 Å². The molecule has 3 nitrogen and oxygen atoms in total. The smallest absolute Gasteiger partial charge is 0.220 e. The fourth-order valence-corrected chi connectivity index (χ4v) is 2.59. The Kier molecular flexibility index (Phi) is 10.8. The minimum absolute atomic E-state index is 0.199. The molecular formula is C17H36N2O. The van der Waals surface area contributed by atoms with Gasteiger partial charge in [-0.25, -0.2) is 0 Å². The third kappa shape index (κ3) is 10.2. The van der Waals surface area contributed by atoms with Gasteiger partial charge >= 0.3 is 0 Å². The molecule has 20 heavy (non-hydrogen) atoms. The highest BCUT2D eigenvalue weighted by atomic mass is 16.1. The Morgan fingerprint density at radius 2 is 1.65 bits per heavy atom. The third-order valence-electron chi connectivity index (χ3n) is 4.05. The van der Waals surface area contributed by atoms with Gasteiger partial charge in [-0.1, -0.05) is 40.5 Å². The summed E-state index contributed by atoms with van der Waals surface area (Å²) in [6, 6.07) is 0.299. The van der Waals surface area contributed by atoms with Crippen molar-refractivity contribution in [2.24, 2.45) is 23.5 Å². The zero-order chi connectivity index (χ0) is 15.5. The first-order valence-corrected chi connectivity index (χ1v) is 8.36. The van der Waals surface area contributed by atoms with E-state index in [9.17, 15) is 4.79 Å². The first-order chi connectivity index (χ1) is 9.36. The van der Waals surface area contributed by atoms with Crippen LogP contribution in [0.15, 0.2) is 0 Å². The quantitative estimate of drug-likeness (QED) is 0.607. The van der Waals surface area contributed by atoms with Gasteiger partial charge in [0.25, 0.3) is 0 Å². The van der Waals surface area contributed by atoms with Gasteiger partial charge in [0.2, 0.25) is 5.91 Å². The van der Waals surface area contributed by atoms with Gasteiger partial charge < -0.3 is 11.1 Å². The van der Waals surface area contributed by atoms with Gasteiger partial charge in [-0.05, 0) is 50.5 Å². The summed E-state index contributed by atoms with van der Waals surface area (Å²) in [5.74, 6) is 2.13. The van der Waals surface area contributed by atoms with Crippen molar-refractivity contribution in [1.82, 2.24) is 5.32 Å². The molecule has 0 aliphatic heterocycles. The summed E-state index contributed by atoms with van der Waals surface area (Å²) < 4.78 is 0. The van der Waals surface area contributed by atoms with Crippen molar-refractivity contribution in [2.75, 3.05) is 6.54 Å². The van der Waals surface area contributed by atoms with Crippen LogP contribution in [0.25, 0.3) is 0 Å². The Morgan fingerprint density at radius 3 is 2.15 bits per heavy atom. The molecule has 0 saturated carbocycles. The van der Waals surface area contributed by atoms with E-state index in [2.05, 4.69) is 39.9 Å². The fraction of sp³-hybridized carbons (Fsp3) is 0.941. The van der Waals surface area contributed by atoms with Gasteiger partial charge in [-0.3, -0.25) is 4.79 Å². The number of hydrogen-bond donors (Lipinski definition) is 2. The molecule has 0 aliphatic rings. The number of nitrogens with two attached hydrogens (primary N) is 1. The summed E-state index contributed by atoms with van der Waals surface area (Å²) in [7, 11) is 0. The lowest BCUT2D eigenvalue weighted by Gasteiger charge is -2.20. The maximum atomic E-state index is 11.9. The van der Waals surface area contributed by atoms with E-state index in [1.807, 2.05) is 0 Å². The molecule has 0 aliphatic carbocycles. The summed E-state index contributed by atoms with van der Waals surface area (Å²) in [5.41, 5.74) is 5.63. The molecule has 0 spiro atoms. The lowest BCUT2D eigenvalue weighted by atomic mass is 9.88. The molecule has 2 atom stereocenters. The van der Waals surface area contributed by atoms with Gasteiger partial charge in [0.05, 0.1) is 0 Å². The summed E-state index contributed by atoms with van der Waals surface area (Å²) in [4.78, 5) is 11.9. The largest absolute Gasteiger partial charge is 0.354 e. The van der Waals surface area contributed by atoms with Gasteiger partial charge in [0, 0.05) is 12.5 Å². The molecule has 0 saturated heterocycles. The van der Waals surface area contributed by atoms with Gasteiger partial charge in [0.15, 0.2) is 0 Å². The van der Waals surface area contributed by atoms with Crippen LogP contribution in [0.3, 0.4) is 0 Å². The van der Waals surface area contributed by atoms with Crippen LogP contribution in [0.1, 0.15) is 73.1 Å². The monoisotopic (exact) mass is 284 g/mol. The molecule has 3 N–H and O–H groups in total. The number of carbonyl (C=O) groups is 1. The Labute approximate surface area is 126 Å². The van der Waals surface area contributed by atoms with Crippen molar-refractivity contribution in [1.29, 1.82) is 0 Å². The highest BCUT2D eigenvalue weighted by Gasteiger charge is 2.15. The minimum atomic E-state index is 0.199. The van der Waals surface area contributed by atoms with E-state index in [4.69, 9.17) is 5.73 Å². The highest BCUT2D eigenvalue weighted by molar-refractivity contribution is 5.76. The molecule has 0 rings (SSSR count). The van der Waals surface area contributed by atoms with E-state index in [1.54, 1.807) is 0 Å². The summed E-state index contributed by atoms with van der Waals surface area (Å²) in [6.45, 7) is 11.7. The number of hydrogen-bond acceptors (Lipinski definition) is 2. The lowest BCUT2D eigenvalue weighted by Crippen LogP contribution is -2.33. The van der Waals surface area contributed by atoms with Crippen molar-refractivity contribution in [3.05, 3.63) is 0 Å². The van der Waals surface area contributed by atoms with Crippen LogP contribution in [0.2, 0.25) is 0 Å². The molecule has 0 aromatic heterocycles. The number of rotatable bonds is 11. The van der Waals surface area contributed by atoms with E-state index in [0.29, 0.717) is 24.3 Å². The maximum absolute atomic E-state index is 11.9. The molecule has 0 bridgehead atoms.